The van der Waals surface area contributed by atoms with Gasteiger partial charge >= 0.3 is 11.9 Å². The van der Waals surface area contributed by atoms with Crippen LogP contribution in [-0.2, 0) is 19.1 Å². The van der Waals surface area contributed by atoms with Gasteiger partial charge in [0, 0.05) is 0 Å². The number of hydrogen-bond acceptors (Lipinski definition) is 4. The smallest absolute Gasteiger partial charge is 0.345 e. The molecule has 0 saturated carbocycles. The maximum Gasteiger partial charge on any atom is 0.345 e. The van der Waals surface area contributed by atoms with E-state index in [2.05, 4.69) is 6.92 Å². The Labute approximate surface area is 122 Å². The van der Waals surface area contributed by atoms with Gasteiger partial charge < -0.3 is 9.47 Å². The van der Waals surface area contributed by atoms with E-state index in [-0.39, 0.29) is 11.5 Å². The molecule has 0 aromatic carbocycles. The molecule has 0 rings (SSSR count). The van der Waals surface area contributed by atoms with Crippen molar-refractivity contribution < 1.29 is 19.1 Å². The molecule has 0 spiro atoms. The van der Waals surface area contributed by atoms with Crippen LogP contribution in [0, 0.1) is 5.92 Å². The maximum absolute atomic E-state index is 12.0. The molecule has 0 aliphatic rings. The van der Waals surface area contributed by atoms with Gasteiger partial charge in [0.05, 0.1) is 13.2 Å². The predicted octanol–water partition coefficient (Wildman–Crippen LogP) is 3.65. The molecule has 20 heavy (non-hydrogen) atoms. The van der Waals surface area contributed by atoms with E-state index < -0.39 is 11.9 Å². The quantitative estimate of drug-likeness (QED) is 0.266. The molecule has 0 aromatic rings. The lowest BCUT2D eigenvalue weighted by Gasteiger charge is -2.12. The summed E-state index contributed by atoms with van der Waals surface area (Å²) in [5.74, 6) is -0.927. The van der Waals surface area contributed by atoms with E-state index in [0.29, 0.717) is 13.2 Å². The number of rotatable bonds is 10. The van der Waals surface area contributed by atoms with Gasteiger partial charge in [-0.05, 0) is 31.6 Å². The van der Waals surface area contributed by atoms with E-state index in [1.807, 2.05) is 20.8 Å². The van der Waals surface area contributed by atoms with E-state index >= 15 is 0 Å². The molecule has 1 unspecified atom stereocenters. The van der Waals surface area contributed by atoms with Gasteiger partial charge in [-0.2, -0.15) is 0 Å². The molecule has 1 atom stereocenters. The Hall–Kier alpha value is -1.32. The molecular weight excluding hydrogens is 256 g/mol. The summed E-state index contributed by atoms with van der Waals surface area (Å²) in [6, 6.07) is 0. The number of esters is 2. The van der Waals surface area contributed by atoms with Crippen LogP contribution in [0.2, 0.25) is 0 Å². The summed E-state index contributed by atoms with van der Waals surface area (Å²) in [7, 11) is 0. The SMILES string of the molecule is CCCOC(=O)C(=CC(CC)CCC)C(=O)OCCC. The van der Waals surface area contributed by atoms with Gasteiger partial charge in [-0.15, -0.1) is 0 Å². The molecule has 0 saturated heterocycles. The van der Waals surface area contributed by atoms with Crippen LogP contribution in [0.4, 0.5) is 0 Å². The first-order valence-electron chi connectivity index (χ1n) is 7.66. The molecular formula is C16H28O4. The van der Waals surface area contributed by atoms with Crippen LogP contribution >= 0.6 is 0 Å². The third kappa shape index (κ3) is 7.31. The summed E-state index contributed by atoms with van der Waals surface area (Å²) in [5, 5.41) is 0. The Balaban J connectivity index is 4.97. The van der Waals surface area contributed by atoms with E-state index in [0.717, 1.165) is 32.1 Å². The van der Waals surface area contributed by atoms with Crippen molar-refractivity contribution in [2.24, 2.45) is 5.92 Å². The van der Waals surface area contributed by atoms with Crippen molar-refractivity contribution in [3.8, 4) is 0 Å². The largest absolute Gasteiger partial charge is 0.462 e. The molecule has 0 amide bonds. The minimum absolute atomic E-state index is 0.0483. The van der Waals surface area contributed by atoms with Crippen LogP contribution in [0.25, 0.3) is 0 Å². The molecule has 4 nitrogen and oxygen atoms in total. The Morgan fingerprint density at radius 3 is 1.75 bits per heavy atom. The van der Waals surface area contributed by atoms with Crippen LogP contribution in [0.15, 0.2) is 11.6 Å². The van der Waals surface area contributed by atoms with Crippen LogP contribution in [-0.4, -0.2) is 25.2 Å². The standard InChI is InChI=1S/C16H28O4/c1-5-9-13(8-4)12-14(15(17)19-10-6-2)16(18)20-11-7-3/h12-13H,5-11H2,1-4H3. The topological polar surface area (TPSA) is 52.6 Å². The highest BCUT2D eigenvalue weighted by molar-refractivity contribution is 6.14. The Kier molecular flexibility index (Phi) is 10.7. The summed E-state index contributed by atoms with van der Waals surface area (Å²) in [6.45, 7) is 8.60. The fourth-order valence-corrected chi connectivity index (χ4v) is 1.78. The molecule has 4 heteroatoms. The van der Waals surface area contributed by atoms with Crippen molar-refractivity contribution in [1.29, 1.82) is 0 Å². The van der Waals surface area contributed by atoms with Crippen LogP contribution in [0.3, 0.4) is 0 Å². The molecule has 0 N–H and O–H groups in total. The fraction of sp³-hybridized carbons (Fsp3) is 0.750. The summed E-state index contributed by atoms with van der Waals surface area (Å²) in [5.41, 5.74) is 0.0483. The van der Waals surface area contributed by atoms with Gasteiger partial charge in [-0.25, -0.2) is 9.59 Å². The predicted molar refractivity (Wildman–Crippen MR) is 79.3 cm³/mol. The van der Waals surface area contributed by atoms with Crippen molar-refractivity contribution in [2.75, 3.05) is 13.2 Å². The molecule has 0 aromatic heterocycles. The van der Waals surface area contributed by atoms with Crippen molar-refractivity contribution in [3.05, 3.63) is 11.6 Å². The van der Waals surface area contributed by atoms with Crippen LogP contribution in [0.5, 0.6) is 0 Å². The molecule has 0 aliphatic carbocycles. The number of hydrogen-bond donors (Lipinski definition) is 0. The van der Waals surface area contributed by atoms with Crippen LogP contribution < -0.4 is 0 Å². The Morgan fingerprint density at radius 1 is 0.900 bits per heavy atom. The monoisotopic (exact) mass is 284 g/mol. The average Bonchev–Trinajstić information content (AvgIpc) is 2.46. The first-order chi connectivity index (χ1) is 9.60. The first-order valence-corrected chi connectivity index (χ1v) is 7.66. The molecule has 0 radical (unpaired) electrons. The Morgan fingerprint density at radius 2 is 1.40 bits per heavy atom. The third-order valence-corrected chi connectivity index (χ3v) is 2.90. The van der Waals surface area contributed by atoms with Gasteiger partial charge in [-0.1, -0.05) is 40.2 Å². The van der Waals surface area contributed by atoms with E-state index in [1.165, 1.54) is 0 Å². The summed E-state index contributed by atoms with van der Waals surface area (Å²) in [4.78, 5) is 23.9. The molecule has 116 valence electrons. The summed E-state index contributed by atoms with van der Waals surface area (Å²) in [6.07, 6.45) is 6.03. The normalized spacial score (nSPS) is 11.6. The molecule has 0 heterocycles. The van der Waals surface area contributed by atoms with E-state index in [4.69, 9.17) is 9.47 Å². The van der Waals surface area contributed by atoms with Gasteiger partial charge in [0.2, 0.25) is 0 Å². The number of carbonyl (C=O) groups excluding carboxylic acids is 2. The highest BCUT2D eigenvalue weighted by Crippen LogP contribution is 2.16. The zero-order chi connectivity index (χ0) is 15.4. The molecule has 0 fully saturated rings. The molecule has 0 aliphatic heterocycles. The van der Waals surface area contributed by atoms with E-state index in [9.17, 15) is 9.59 Å². The minimum atomic E-state index is -0.567. The van der Waals surface area contributed by atoms with Crippen molar-refractivity contribution >= 4 is 11.9 Å². The lowest BCUT2D eigenvalue weighted by molar-refractivity contribution is -0.147. The maximum atomic E-state index is 12.0. The summed E-state index contributed by atoms with van der Waals surface area (Å²) < 4.78 is 10.1. The van der Waals surface area contributed by atoms with Gasteiger partial charge in [0.25, 0.3) is 0 Å². The second-order valence-corrected chi connectivity index (χ2v) is 4.81. The lowest BCUT2D eigenvalue weighted by atomic mass is 9.97. The Bertz CT molecular complexity index is 298. The fourth-order valence-electron chi connectivity index (χ4n) is 1.78. The summed E-state index contributed by atoms with van der Waals surface area (Å²) >= 11 is 0. The zero-order valence-electron chi connectivity index (χ0n) is 13.2. The van der Waals surface area contributed by atoms with Crippen molar-refractivity contribution in [2.45, 2.75) is 59.8 Å². The zero-order valence-corrected chi connectivity index (χ0v) is 13.2. The first kappa shape index (κ1) is 18.7. The lowest BCUT2D eigenvalue weighted by Crippen LogP contribution is -2.20. The van der Waals surface area contributed by atoms with Crippen molar-refractivity contribution in [1.82, 2.24) is 0 Å². The van der Waals surface area contributed by atoms with Crippen molar-refractivity contribution in [3.63, 3.8) is 0 Å². The number of allylic oxidation sites excluding steroid dienone is 1. The average molecular weight is 284 g/mol. The van der Waals surface area contributed by atoms with E-state index in [1.54, 1.807) is 6.08 Å². The van der Waals surface area contributed by atoms with Gasteiger partial charge in [0.1, 0.15) is 5.57 Å². The highest BCUT2D eigenvalue weighted by atomic mass is 16.6. The third-order valence-electron chi connectivity index (χ3n) is 2.90. The number of ether oxygens (including phenoxy) is 2. The second-order valence-electron chi connectivity index (χ2n) is 4.81. The number of carbonyl (C=O) groups is 2. The minimum Gasteiger partial charge on any atom is -0.462 e. The highest BCUT2D eigenvalue weighted by Gasteiger charge is 2.22. The second kappa shape index (κ2) is 11.5. The van der Waals surface area contributed by atoms with Crippen LogP contribution in [0.1, 0.15) is 59.8 Å². The van der Waals surface area contributed by atoms with Gasteiger partial charge in [0.15, 0.2) is 0 Å². The molecule has 0 bridgehead atoms. The van der Waals surface area contributed by atoms with Gasteiger partial charge in [-0.3, -0.25) is 0 Å².